The topological polar surface area (TPSA) is 79.0 Å². The van der Waals surface area contributed by atoms with Crippen LogP contribution in [0.25, 0.3) is 0 Å². The summed E-state index contributed by atoms with van der Waals surface area (Å²) in [7, 11) is 0. The molecule has 144 valence electrons. The normalized spacial score (nSPS) is 22.5. The summed E-state index contributed by atoms with van der Waals surface area (Å²) in [6.07, 6.45) is 3.63. The third kappa shape index (κ3) is 3.77. The van der Waals surface area contributed by atoms with E-state index < -0.39 is 6.04 Å². The number of amides is 3. The number of hydrogen-bond donors (Lipinski definition) is 1. The van der Waals surface area contributed by atoms with Crippen molar-refractivity contribution < 1.29 is 19.1 Å². The predicted molar refractivity (Wildman–Crippen MR) is 98.5 cm³/mol. The number of hydrogen-bond acceptors (Lipinski definition) is 4. The first kappa shape index (κ1) is 17.8. The summed E-state index contributed by atoms with van der Waals surface area (Å²) in [6, 6.07) is 5.26. The minimum Gasteiger partial charge on any atom is -0.493 e. The number of nitrogens with one attached hydrogen (secondary N) is 1. The minimum absolute atomic E-state index is 0.00633. The number of rotatable bonds is 2. The van der Waals surface area contributed by atoms with E-state index in [0.717, 1.165) is 37.2 Å². The Morgan fingerprint density at radius 3 is 2.67 bits per heavy atom. The van der Waals surface area contributed by atoms with Crippen molar-refractivity contribution in [2.45, 2.75) is 38.1 Å². The Morgan fingerprint density at radius 2 is 1.85 bits per heavy atom. The van der Waals surface area contributed by atoms with Crippen molar-refractivity contribution in [3.8, 4) is 5.75 Å². The summed E-state index contributed by atoms with van der Waals surface area (Å²) in [5.41, 5.74) is 1.78. The van der Waals surface area contributed by atoms with E-state index in [1.165, 1.54) is 0 Å². The van der Waals surface area contributed by atoms with Crippen LogP contribution >= 0.6 is 0 Å². The first-order chi connectivity index (χ1) is 13.1. The second-order valence-electron chi connectivity index (χ2n) is 7.40. The van der Waals surface area contributed by atoms with Gasteiger partial charge in [-0.15, -0.1) is 0 Å². The van der Waals surface area contributed by atoms with Crippen LogP contribution in [0.2, 0.25) is 0 Å². The molecule has 2 saturated heterocycles. The first-order valence-electron chi connectivity index (χ1n) is 9.75. The second kappa shape index (κ2) is 7.58. The van der Waals surface area contributed by atoms with E-state index in [0.29, 0.717) is 44.6 Å². The van der Waals surface area contributed by atoms with Gasteiger partial charge in [-0.05, 0) is 49.4 Å². The molecular weight excluding hydrogens is 346 g/mol. The molecule has 3 amide bonds. The van der Waals surface area contributed by atoms with Crippen molar-refractivity contribution in [1.82, 2.24) is 15.1 Å². The fraction of sp³-hybridized carbons (Fsp3) is 0.550. The highest BCUT2D eigenvalue weighted by molar-refractivity contribution is 5.95. The van der Waals surface area contributed by atoms with Crippen LogP contribution in [-0.2, 0) is 16.0 Å². The van der Waals surface area contributed by atoms with Crippen LogP contribution in [0.1, 0.15) is 41.6 Å². The molecule has 1 atom stereocenters. The van der Waals surface area contributed by atoms with Gasteiger partial charge in [0.2, 0.25) is 11.8 Å². The van der Waals surface area contributed by atoms with Crippen LogP contribution in [-0.4, -0.2) is 66.3 Å². The number of fused-ring (bicyclic) bond motifs is 1. The number of ether oxygens (including phenoxy) is 1. The minimum atomic E-state index is -0.402. The number of aryl methyl sites for hydroxylation is 1. The average molecular weight is 371 g/mol. The second-order valence-corrected chi connectivity index (χ2v) is 7.40. The van der Waals surface area contributed by atoms with E-state index in [9.17, 15) is 14.4 Å². The lowest BCUT2D eigenvalue weighted by Crippen LogP contribution is -2.46. The van der Waals surface area contributed by atoms with Gasteiger partial charge in [-0.25, -0.2) is 0 Å². The molecule has 1 N–H and O–H groups in total. The number of carbonyl (C=O) groups excluding carboxylic acids is 3. The van der Waals surface area contributed by atoms with Crippen molar-refractivity contribution in [2.24, 2.45) is 0 Å². The summed E-state index contributed by atoms with van der Waals surface area (Å²) in [5, 5.41) is 2.74. The van der Waals surface area contributed by atoms with E-state index in [4.69, 9.17) is 4.74 Å². The van der Waals surface area contributed by atoms with Gasteiger partial charge < -0.3 is 19.9 Å². The zero-order chi connectivity index (χ0) is 18.8. The Morgan fingerprint density at radius 1 is 1.04 bits per heavy atom. The molecule has 4 rings (SSSR count). The highest BCUT2D eigenvalue weighted by Gasteiger charge is 2.32. The third-order valence-corrected chi connectivity index (χ3v) is 5.54. The van der Waals surface area contributed by atoms with Gasteiger partial charge in [0, 0.05) is 38.2 Å². The Bertz CT molecular complexity index is 764. The molecule has 3 heterocycles. The van der Waals surface area contributed by atoms with Crippen LogP contribution < -0.4 is 10.1 Å². The van der Waals surface area contributed by atoms with Gasteiger partial charge in [-0.1, -0.05) is 0 Å². The molecule has 3 aliphatic heterocycles. The molecule has 0 aromatic heterocycles. The largest absolute Gasteiger partial charge is 0.493 e. The van der Waals surface area contributed by atoms with Crippen molar-refractivity contribution >= 4 is 17.7 Å². The van der Waals surface area contributed by atoms with E-state index in [-0.39, 0.29) is 17.7 Å². The maximum absolute atomic E-state index is 12.9. The fourth-order valence-electron chi connectivity index (χ4n) is 4.04. The summed E-state index contributed by atoms with van der Waals surface area (Å²) in [6.45, 7) is 3.00. The van der Waals surface area contributed by atoms with Crippen molar-refractivity contribution in [2.75, 3.05) is 32.8 Å². The Hall–Kier alpha value is -2.57. The summed E-state index contributed by atoms with van der Waals surface area (Å²) < 4.78 is 5.62. The van der Waals surface area contributed by atoms with Gasteiger partial charge in [0.05, 0.1) is 6.61 Å². The van der Waals surface area contributed by atoms with E-state index >= 15 is 0 Å². The van der Waals surface area contributed by atoms with Gasteiger partial charge in [0.1, 0.15) is 11.8 Å². The molecule has 0 saturated carbocycles. The molecule has 2 fully saturated rings. The molecule has 7 heteroatoms. The molecular formula is C20H25N3O4. The molecule has 0 radical (unpaired) electrons. The maximum atomic E-state index is 12.9. The third-order valence-electron chi connectivity index (χ3n) is 5.54. The number of carbonyl (C=O) groups is 3. The van der Waals surface area contributed by atoms with Crippen LogP contribution in [0.5, 0.6) is 5.75 Å². The van der Waals surface area contributed by atoms with Crippen LogP contribution in [0.15, 0.2) is 18.2 Å². The Labute approximate surface area is 158 Å². The summed E-state index contributed by atoms with van der Waals surface area (Å²) in [4.78, 5) is 40.5. The van der Waals surface area contributed by atoms with Crippen molar-refractivity contribution in [3.63, 3.8) is 0 Å². The van der Waals surface area contributed by atoms with Gasteiger partial charge >= 0.3 is 0 Å². The average Bonchev–Trinajstić information content (AvgIpc) is 2.98. The van der Waals surface area contributed by atoms with E-state index in [1.807, 2.05) is 23.1 Å². The van der Waals surface area contributed by atoms with Crippen LogP contribution in [0, 0.1) is 0 Å². The summed E-state index contributed by atoms with van der Waals surface area (Å²) in [5.74, 6) is 0.799. The standard InChI is InChI=1S/C20H25N3O4/c24-18-7-5-16(21-18)20(26)23-9-2-8-22(10-11-23)19(25)15-4-6-17-14(13-15)3-1-12-27-17/h4,6,13,16H,1-3,5,7-12H2,(H,21,24). The Balaban J connectivity index is 1.39. The maximum Gasteiger partial charge on any atom is 0.253 e. The van der Waals surface area contributed by atoms with E-state index in [1.54, 1.807) is 4.90 Å². The lowest BCUT2D eigenvalue weighted by molar-refractivity contribution is -0.134. The molecule has 1 aromatic carbocycles. The molecule has 1 unspecified atom stereocenters. The zero-order valence-electron chi connectivity index (χ0n) is 15.4. The molecule has 3 aliphatic rings. The highest BCUT2D eigenvalue weighted by atomic mass is 16.5. The smallest absolute Gasteiger partial charge is 0.253 e. The highest BCUT2D eigenvalue weighted by Crippen LogP contribution is 2.26. The molecule has 0 bridgehead atoms. The lowest BCUT2D eigenvalue weighted by atomic mass is 10.0. The molecule has 0 spiro atoms. The summed E-state index contributed by atoms with van der Waals surface area (Å²) >= 11 is 0. The molecule has 27 heavy (non-hydrogen) atoms. The van der Waals surface area contributed by atoms with Gasteiger partial charge in [-0.2, -0.15) is 0 Å². The van der Waals surface area contributed by atoms with Crippen molar-refractivity contribution in [3.05, 3.63) is 29.3 Å². The molecule has 7 nitrogen and oxygen atoms in total. The molecule has 1 aromatic rings. The predicted octanol–water partition coefficient (Wildman–Crippen LogP) is 0.965. The van der Waals surface area contributed by atoms with E-state index in [2.05, 4.69) is 5.32 Å². The van der Waals surface area contributed by atoms with Crippen LogP contribution in [0.4, 0.5) is 0 Å². The SMILES string of the molecule is O=C1CCC(C(=O)N2CCCN(C(=O)c3ccc4c(c3)CCCO4)CC2)N1. The van der Waals surface area contributed by atoms with Gasteiger partial charge in [0.15, 0.2) is 0 Å². The Kier molecular flexibility index (Phi) is 5.01. The lowest BCUT2D eigenvalue weighted by Gasteiger charge is -2.25. The van der Waals surface area contributed by atoms with Gasteiger partial charge in [0.25, 0.3) is 5.91 Å². The zero-order valence-corrected chi connectivity index (χ0v) is 15.4. The molecule has 0 aliphatic carbocycles. The fourth-order valence-corrected chi connectivity index (χ4v) is 4.04. The first-order valence-corrected chi connectivity index (χ1v) is 9.75. The number of benzene rings is 1. The monoisotopic (exact) mass is 371 g/mol. The van der Waals surface area contributed by atoms with Crippen LogP contribution in [0.3, 0.4) is 0 Å². The van der Waals surface area contributed by atoms with Gasteiger partial charge in [-0.3, -0.25) is 14.4 Å². The number of nitrogens with zero attached hydrogens (tertiary/aromatic N) is 2. The van der Waals surface area contributed by atoms with Crippen molar-refractivity contribution in [1.29, 1.82) is 0 Å². The quantitative estimate of drug-likeness (QED) is 0.840.